The van der Waals surface area contributed by atoms with E-state index in [-0.39, 0.29) is 19.8 Å². The number of imide groups is 2. The first-order valence-electron chi connectivity index (χ1n) is 7.01. The molecule has 0 bridgehead atoms. The number of hydrogen-bond acceptors (Lipinski definition) is 5. The first-order chi connectivity index (χ1) is 9.97. The molecule has 1 aliphatic carbocycles. The summed E-state index contributed by atoms with van der Waals surface area (Å²) in [5.41, 5.74) is 3.81. The standard InChI is InChI=1S/C13H19N3O5/c14-9(17)8-21-7-6-16-11(19)13(4-2-1-3-5-13)10(18)15-12(16)20/h1-8H2,(H2,14,17)(H,15,18,20). The Bertz CT molecular complexity index is 470. The summed E-state index contributed by atoms with van der Waals surface area (Å²) in [7, 11) is 0. The Balaban J connectivity index is 2.03. The topological polar surface area (TPSA) is 119 Å². The van der Waals surface area contributed by atoms with Crippen LogP contribution in [0.1, 0.15) is 32.1 Å². The molecule has 8 heteroatoms. The second-order valence-corrected chi connectivity index (χ2v) is 5.38. The molecule has 1 saturated carbocycles. The lowest BCUT2D eigenvalue weighted by atomic mass is 9.71. The number of carbonyl (C=O) groups is 4. The minimum Gasteiger partial charge on any atom is -0.370 e. The van der Waals surface area contributed by atoms with E-state index in [4.69, 9.17) is 10.5 Å². The summed E-state index contributed by atoms with van der Waals surface area (Å²) < 4.78 is 4.96. The van der Waals surface area contributed by atoms with E-state index in [2.05, 4.69) is 5.32 Å². The van der Waals surface area contributed by atoms with Crippen molar-refractivity contribution in [1.29, 1.82) is 0 Å². The molecular weight excluding hydrogens is 278 g/mol. The molecule has 0 aromatic carbocycles. The molecule has 2 rings (SSSR count). The Morgan fingerprint density at radius 1 is 1.24 bits per heavy atom. The number of primary amides is 1. The molecule has 116 valence electrons. The molecule has 0 radical (unpaired) electrons. The molecule has 3 N–H and O–H groups in total. The first-order valence-corrected chi connectivity index (χ1v) is 7.01. The molecule has 5 amide bonds. The average Bonchev–Trinajstić information content (AvgIpc) is 2.45. The lowest BCUT2D eigenvalue weighted by Crippen LogP contribution is -2.64. The Morgan fingerprint density at radius 2 is 1.90 bits per heavy atom. The molecule has 1 saturated heterocycles. The second kappa shape index (κ2) is 6.21. The lowest BCUT2D eigenvalue weighted by Gasteiger charge is -2.41. The van der Waals surface area contributed by atoms with Gasteiger partial charge in [0.05, 0.1) is 13.2 Å². The van der Waals surface area contributed by atoms with Gasteiger partial charge in [-0.1, -0.05) is 19.3 Å². The van der Waals surface area contributed by atoms with Gasteiger partial charge in [-0.2, -0.15) is 0 Å². The van der Waals surface area contributed by atoms with Gasteiger partial charge in [0.15, 0.2) is 0 Å². The van der Waals surface area contributed by atoms with E-state index in [1.165, 1.54) is 0 Å². The molecular formula is C13H19N3O5. The molecule has 21 heavy (non-hydrogen) atoms. The maximum Gasteiger partial charge on any atom is 0.330 e. The van der Waals surface area contributed by atoms with Crippen molar-refractivity contribution in [3.8, 4) is 0 Å². The van der Waals surface area contributed by atoms with Gasteiger partial charge in [0.1, 0.15) is 12.0 Å². The summed E-state index contributed by atoms with van der Waals surface area (Å²) in [6.45, 7) is -0.271. The average molecular weight is 297 g/mol. The van der Waals surface area contributed by atoms with Crippen LogP contribution < -0.4 is 11.1 Å². The Kier molecular flexibility index (Phi) is 4.56. The number of ether oxygens (including phenoxy) is 1. The van der Waals surface area contributed by atoms with Crippen molar-refractivity contribution in [3.63, 3.8) is 0 Å². The minimum atomic E-state index is -1.12. The number of barbiturate groups is 1. The summed E-state index contributed by atoms with van der Waals surface area (Å²) >= 11 is 0. The number of urea groups is 1. The van der Waals surface area contributed by atoms with Crippen LogP contribution in [0.25, 0.3) is 0 Å². The van der Waals surface area contributed by atoms with Gasteiger partial charge in [-0.15, -0.1) is 0 Å². The number of amides is 5. The number of rotatable bonds is 5. The third-order valence-corrected chi connectivity index (χ3v) is 3.97. The number of nitrogens with two attached hydrogens (primary N) is 1. The van der Waals surface area contributed by atoms with Crippen LogP contribution in [0, 0.1) is 5.41 Å². The van der Waals surface area contributed by atoms with Crippen LogP contribution >= 0.6 is 0 Å². The van der Waals surface area contributed by atoms with Gasteiger partial charge < -0.3 is 10.5 Å². The predicted octanol–water partition coefficient (Wildman–Crippen LogP) is -0.483. The predicted molar refractivity (Wildman–Crippen MR) is 70.8 cm³/mol. The molecule has 2 aliphatic rings. The maximum atomic E-state index is 12.5. The number of carbonyl (C=O) groups excluding carboxylic acids is 4. The van der Waals surface area contributed by atoms with Gasteiger partial charge in [0.25, 0.3) is 0 Å². The van der Waals surface area contributed by atoms with Crippen molar-refractivity contribution < 1.29 is 23.9 Å². The van der Waals surface area contributed by atoms with Crippen LogP contribution in [0.5, 0.6) is 0 Å². The van der Waals surface area contributed by atoms with E-state index in [0.29, 0.717) is 12.8 Å². The lowest BCUT2D eigenvalue weighted by molar-refractivity contribution is -0.154. The fourth-order valence-corrected chi connectivity index (χ4v) is 2.86. The van der Waals surface area contributed by atoms with Crippen molar-refractivity contribution in [2.24, 2.45) is 11.1 Å². The van der Waals surface area contributed by atoms with Crippen LogP contribution in [0.3, 0.4) is 0 Å². The molecule has 1 heterocycles. The fourth-order valence-electron chi connectivity index (χ4n) is 2.86. The van der Waals surface area contributed by atoms with Crippen LogP contribution in [0.4, 0.5) is 4.79 Å². The van der Waals surface area contributed by atoms with Crippen LogP contribution in [-0.2, 0) is 19.1 Å². The normalized spacial score (nSPS) is 21.5. The van der Waals surface area contributed by atoms with Gasteiger partial charge in [0, 0.05) is 0 Å². The molecule has 0 atom stereocenters. The molecule has 0 aromatic heterocycles. The highest BCUT2D eigenvalue weighted by Crippen LogP contribution is 2.39. The van der Waals surface area contributed by atoms with Crippen LogP contribution in [-0.4, -0.2) is 48.4 Å². The summed E-state index contributed by atoms with van der Waals surface area (Å²) in [4.78, 5) is 48.0. The minimum absolute atomic E-state index is 0.00632. The van der Waals surface area contributed by atoms with E-state index < -0.39 is 29.2 Å². The third-order valence-electron chi connectivity index (χ3n) is 3.97. The summed E-state index contributed by atoms with van der Waals surface area (Å²) in [5, 5.41) is 2.25. The molecule has 0 unspecified atom stereocenters. The quantitative estimate of drug-likeness (QED) is 0.524. The van der Waals surface area contributed by atoms with Crippen molar-refractivity contribution in [2.45, 2.75) is 32.1 Å². The largest absolute Gasteiger partial charge is 0.370 e. The fraction of sp³-hybridized carbons (Fsp3) is 0.692. The van der Waals surface area contributed by atoms with Gasteiger partial charge in [-0.3, -0.25) is 24.6 Å². The first kappa shape index (κ1) is 15.4. The third kappa shape index (κ3) is 3.05. The van der Waals surface area contributed by atoms with Gasteiger partial charge in [-0.25, -0.2) is 4.79 Å². The van der Waals surface area contributed by atoms with Gasteiger partial charge in [-0.05, 0) is 12.8 Å². The Hall–Kier alpha value is -1.96. The number of nitrogens with zero attached hydrogens (tertiary/aromatic N) is 1. The smallest absolute Gasteiger partial charge is 0.330 e. The Morgan fingerprint density at radius 3 is 2.52 bits per heavy atom. The maximum absolute atomic E-state index is 12.5. The summed E-state index contributed by atoms with van der Waals surface area (Å²) in [5.74, 6) is -1.58. The van der Waals surface area contributed by atoms with Crippen LogP contribution in [0.15, 0.2) is 0 Å². The molecule has 1 spiro atoms. The molecule has 1 aliphatic heterocycles. The van der Waals surface area contributed by atoms with Crippen molar-refractivity contribution in [2.75, 3.05) is 19.8 Å². The second-order valence-electron chi connectivity index (χ2n) is 5.38. The van der Waals surface area contributed by atoms with Crippen LogP contribution in [0.2, 0.25) is 0 Å². The van der Waals surface area contributed by atoms with E-state index in [1.54, 1.807) is 0 Å². The molecule has 0 aromatic rings. The number of hydrogen-bond donors (Lipinski definition) is 2. The monoisotopic (exact) mass is 297 g/mol. The van der Waals surface area contributed by atoms with Crippen molar-refractivity contribution in [3.05, 3.63) is 0 Å². The summed E-state index contributed by atoms with van der Waals surface area (Å²) in [6.07, 6.45) is 3.49. The van der Waals surface area contributed by atoms with E-state index in [1.807, 2.05) is 0 Å². The molecule has 2 fully saturated rings. The van der Waals surface area contributed by atoms with E-state index in [9.17, 15) is 19.2 Å². The zero-order chi connectivity index (χ0) is 15.5. The highest BCUT2D eigenvalue weighted by Gasteiger charge is 2.53. The van der Waals surface area contributed by atoms with Gasteiger partial charge in [0.2, 0.25) is 17.7 Å². The van der Waals surface area contributed by atoms with E-state index >= 15 is 0 Å². The molecule has 8 nitrogen and oxygen atoms in total. The van der Waals surface area contributed by atoms with E-state index in [0.717, 1.165) is 24.2 Å². The van der Waals surface area contributed by atoms with Crippen molar-refractivity contribution in [1.82, 2.24) is 10.2 Å². The zero-order valence-corrected chi connectivity index (χ0v) is 11.7. The zero-order valence-electron chi connectivity index (χ0n) is 11.7. The van der Waals surface area contributed by atoms with Gasteiger partial charge >= 0.3 is 6.03 Å². The SMILES string of the molecule is NC(=O)COCCN1C(=O)NC(=O)C2(CCCCC2)C1=O. The van der Waals surface area contributed by atoms with Crippen molar-refractivity contribution >= 4 is 23.8 Å². The highest BCUT2D eigenvalue weighted by atomic mass is 16.5. The Labute approximate surface area is 122 Å². The highest BCUT2D eigenvalue weighted by molar-refractivity contribution is 6.19. The number of nitrogens with one attached hydrogen (secondary N) is 1. The summed E-state index contributed by atoms with van der Waals surface area (Å²) in [6, 6.07) is -0.733.